The van der Waals surface area contributed by atoms with Crippen LogP contribution in [-0.4, -0.2) is 21.8 Å². The van der Waals surface area contributed by atoms with Gasteiger partial charge in [-0.1, -0.05) is 11.3 Å². The zero-order valence-electron chi connectivity index (χ0n) is 8.64. The first-order valence-corrected chi connectivity index (χ1v) is 6.92. The van der Waals surface area contributed by atoms with E-state index in [9.17, 15) is 0 Å². The highest BCUT2D eigenvalue weighted by atomic mass is 35.5. The molecule has 0 N–H and O–H groups in total. The second kappa shape index (κ2) is 5.56. The van der Waals surface area contributed by atoms with Crippen molar-refractivity contribution in [1.29, 1.82) is 0 Å². The molecule has 2 aromatic heterocycles. The summed E-state index contributed by atoms with van der Waals surface area (Å²) in [4.78, 5) is 5.43. The van der Waals surface area contributed by atoms with E-state index in [2.05, 4.69) is 15.2 Å². The summed E-state index contributed by atoms with van der Waals surface area (Å²) in [6.45, 7) is 2.60. The molecule has 0 saturated heterocycles. The molecule has 0 atom stereocenters. The Bertz CT molecular complexity index is 457. The SMILES string of the molecule is Cc1ncsc1CCOc1nnc(CCl)s1. The van der Waals surface area contributed by atoms with Crippen LogP contribution in [0.4, 0.5) is 0 Å². The van der Waals surface area contributed by atoms with Crippen molar-refractivity contribution in [2.24, 2.45) is 0 Å². The average Bonchev–Trinajstić information content (AvgIpc) is 2.89. The van der Waals surface area contributed by atoms with Gasteiger partial charge in [-0.25, -0.2) is 4.98 Å². The molecule has 0 fully saturated rings. The zero-order chi connectivity index (χ0) is 11.4. The number of thiazole rings is 1. The van der Waals surface area contributed by atoms with Crippen molar-refractivity contribution in [2.75, 3.05) is 6.61 Å². The topological polar surface area (TPSA) is 47.9 Å². The van der Waals surface area contributed by atoms with Gasteiger partial charge in [-0.3, -0.25) is 0 Å². The molecule has 0 aliphatic carbocycles. The average molecular weight is 276 g/mol. The van der Waals surface area contributed by atoms with E-state index in [1.807, 2.05) is 12.4 Å². The number of nitrogens with zero attached hydrogens (tertiary/aromatic N) is 3. The van der Waals surface area contributed by atoms with Crippen molar-refractivity contribution >= 4 is 34.3 Å². The Morgan fingerprint density at radius 1 is 1.44 bits per heavy atom. The maximum absolute atomic E-state index is 5.62. The Hall–Kier alpha value is -0.720. The summed E-state index contributed by atoms with van der Waals surface area (Å²) in [5, 5.41) is 9.11. The number of hydrogen-bond acceptors (Lipinski definition) is 6. The number of alkyl halides is 1. The van der Waals surface area contributed by atoms with Crippen LogP contribution in [0.25, 0.3) is 0 Å². The van der Waals surface area contributed by atoms with E-state index in [4.69, 9.17) is 16.3 Å². The highest BCUT2D eigenvalue weighted by molar-refractivity contribution is 7.13. The van der Waals surface area contributed by atoms with Crippen LogP contribution in [-0.2, 0) is 12.3 Å². The number of halogens is 1. The van der Waals surface area contributed by atoms with Gasteiger partial charge in [0.1, 0.15) is 5.01 Å². The third-order valence-electron chi connectivity index (χ3n) is 1.96. The van der Waals surface area contributed by atoms with Crippen LogP contribution in [0.5, 0.6) is 5.19 Å². The van der Waals surface area contributed by atoms with E-state index in [0.29, 0.717) is 17.7 Å². The third kappa shape index (κ3) is 2.90. The molecule has 0 radical (unpaired) electrons. The minimum atomic E-state index is 0.384. The number of aromatic nitrogens is 3. The number of hydrogen-bond donors (Lipinski definition) is 0. The van der Waals surface area contributed by atoms with E-state index in [1.54, 1.807) is 11.3 Å². The molecule has 0 aromatic carbocycles. The standard InChI is InChI=1S/C9H10ClN3OS2/c1-6-7(15-5-11-6)2-3-14-9-13-12-8(4-10)16-9/h5H,2-4H2,1H3. The molecular formula is C9H10ClN3OS2. The molecule has 0 saturated carbocycles. The lowest BCUT2D eigenvalue weighted by Gasteiger charge is -1.99. The fraction of sp³-hybridized carbons (Fsp3) is 0.444. The Morgan fingerprint density at radius 2 is 2.31 bits per heavy atom. The van der Waals surface area contributed by atoms with Gasteiger partial charge in [0.15, 0.2) is 0 Å². The molecule has 2 heterocycles. The normalized spacial score (nSPS) is 10.6. The number of rotatable bonds is 5. The van der Waals surface area contributed by atoms with E-state index in [0.717, 1.165) is 17.1 Å². The maximum Gasteiger partial charge on any atom is 0.294 e. The molecule has 0 bridgehead atoms. The van der Waals surface area contributed by atoms with Crippen LogP contribution < -0.4 is 4.74 Å². The van der Waals surface area contributed by atoms with Crippen molar-refractivity contribution in [3.63, 3.8) is 0 Å². The van der Waals surface area contributed by atoms with E-state index < -0.39 is 0 Å². The minimum absolute atomic E-state index is 0.384. The Balaban J connectivity index is 1.82. The van der Waals surface area contributed by atoms with Crippen LogP contribution in [0.1, 0.15) is 15.6 Å². The predicted molar refractivity (Wildman–Crippen MR) is 65.5 cm³/mol. The molecule has 0 amide bonds. The number of aryl methyl sites for hydroxylation is 1. The second-order valence-corrected chi connectivity index (χ2v) is 5.29. The molecule has 0 spiro atoms. The lowest BCUT2D eigenvalue weighted by Crippen LogP contribution is -2.00. The first-order chi connectivity index (χ1) is 7.79. The molecule has 2 aromatic rings. The first kappa shape index (κ1) is 11.8. The van der Waals surface area contributed by atoms with E-state index in [-0.39, 0.29) is 0 Å². The highest BCUT2D eigenvalue weighted by Gasteiger charge is 2.05. The Labute approximate surface area is 106 Å². The van der Waals surface area contributed by atoms with E-state index >= 15 is 0 Å². The summed E-state index contributed by atoms with van der Waals surface area (Å²) in [6, 6.07) is 0. The molecule has 0 unspecified atom stereocenters. The second-order valence-electron chi connectivity index (χ2n) is 3.05. The molecule has 2 rings (SSSR count). The lowest BCUT2D eigenvalue weighted by atomic mass is 10.3. The van der Waals surface area contributed by atoms with Crippen molar-refractivity contribution in [3.05, 3.63) is 21.1 Å². The summed E-state index contributed by atoms with van der Waals surface area (Å²) in [5.74, 6) is 0.384. The Kier molecular flexibility index (Phi) is 4.09. The van der Waals surface area contributed by atoms with Crippen molar-refractivity contribution in [1.82, 2.24) is 15.2 Å². The zero-order valence-corrected chi connectivity index (χ0v) is 11.0. The van der Waals surface area contributed by atoms with E-state index in [1.165, 1.54) is 16.2 Å². The molecule has 0 aliphatic rings. The van der Waals surface area contributed by atoms with Crippen LogP contribution in [0.2, 0.25) is 0 Å². The fourth-order valence-electron chi connectivity index (χ4n) is 1.15. The van der Waals surface area contributed by atoms with Crippen LogP contribution in [0.15, 0.2) is 5.51 Å². The highest BCUT2D eigenvalue weighted by Crippen LogP contribution is 2.20. The first-order valence-electron chi connectivity index (χ1n) is 4.69. The summed E-state index contributed by atoms with van der Waals surface area (Å²) in [6.07, 6.45) is 0.853. The fourth-order valence-corrected chi connectivity index (χ4v) is 2.69. The van der Waals surface area contributed by atoms with Gasteiger partial charge in [0.2, 0.25) is 0 Å². The molecule has 7 heteroatoms. The van der Waals surface area contributed by atoms with Crippen molar-refractivity contribution in [2.45, 2.75) is 19.2 Å². The molecule has 4 nitrogen and oxygen atoms in total. The number of ether oxygens (including phenoxy) is 1. The summed E-state index contributed by atoms with van der Waals surface area (Å²) < 4.78 is 5.48. The van der Waals surface area contributed by atoms with Gasteiger partial charge in [0, 0.05) is 11.3 Å². The largest absolute Gasteiger partial charge is 0.469 e. The van der Waals surface area contributed by atoms with Gasteiger partial charge in [-0.05, 0) is 6.92 Å². The van der Waals surface area contributed by atoms with Gasteiger partial charge in [-0.2, -0.15) is 0 Å². The predicted octanol–water partition coefficient (Wildman–Crippen LogP) is 2.66. The molecule has 86 valence electrons. The minimum Gasteiger partial charge on any atom is -0.469 e. The van der Waals surface area contributed by atoms with Gasteiger partial charge in [0.25, 0.3) is 5.19 Å². The van der Waals surface area contributed by atoms with Crippen molar-refractivity contribution in [3.8, 4) is 5.19 Å². The van der Waals surface area contributed by atoms with Gasteiger partial charge in [0.05, 0.1) is 23.7 Å². The van der Waals surface area contributed by atoms with Crippen LogP contribution in [0.3, 0.4) is 0 Å². The summed E-state index contributed by atoms with van der Waals surface area (Å²) in [5.41, 5.74) is 2.92. The summed E-state index contributed by atoms with van der Waals surface area (Å²) >= 11 is 8.66. The van der Waals surface area contributed by atoms with Crippen LogP contribution in [0, 0.1) is 6.92 Å². The van der Waals surface area contributed by atoms with Crippen molar-refractivity contribution < 1.29 is 4.74 Å². The molecular weight excluding hydrogens is 266 g/mol. The smallest absolute Gasteiger partial charge is 0.294 e. The van der Waals surface area contributed by atoms with Crippen LogP contribution >= 0.6 is 34.3 Å². The van der Waals surface area contributed by atoms with Gasteiger partial charge < -0.3 is 4.74 Å². The monoisotopic (exact) mass is 275 g/mol. The lowest BCUT2D eigenvalue weighted by molar-refractivity contribution is 0.318. The quantitative estimate of drug-likeness (QED) is 0.787. The Morgan fingerprint density at radius 3 is 2.94 bits per heavy atom. The van der Waals surface area contributed by atoms with Gasteiger partial charge in [-0.15, -0.1) is 33.1 Å². The molecule has 0 aliphatic heterocycles. The maximum atomic E-state index is 5.62. The third-order valence-corrected chi connectivity index (χ3v) is 4.20. The molecule has 16 heavy (non-hydrogen) atoms. The summed E-state index contributed by atoms with van der Waals surface area (Å²) in [7, 11) is 0. The van der Waals surface area contributed by atoms with Gasteiger partial charge >= 0.3 is 0 Å².